The molecular weight excluding hydrogens is 233 g/mol. The molecule has 0 saturated heterocycles. The van der Waals surface area contributed by atoms with Crippen molar-refractivity contribution in [2.75, 3.05) is 6.54 Å². The number of aliphatic hydroxyl groups is 1. The van der Waals surface area contributed by atoms with Crippen LogP contribution in [0.3, 0.4) is 0 Å². The average Bonchev–Trinajstić information content (AvgIpc) is 2.16. The van der Waals surface area contributed by atoms with E-state index in [0.29, 0.717) is 13.0 Å². The quantitative estimate of drug-likeness (QED) is 0.852. The maximum atomic E-state index is 13.3. The van der Waals surface area contributed by atoms with E-state index in [4.69, 9.17) is 16.7 Å². The van der Waals surface area contributed by atoms with Crippen molar-refractivity contribution in [3.63, 3.8) is 0 Å². The Morgan fingerprint density at radius 1 is 1.62 bits per heavy atom. The van der Waals surface area contributed by atoms with Crippen molar-refractivity contribution in [1.29, 1.82) is 0 Å². The van der Waals surface area contributed by atoms with Gasteiger partial charge in [0.05, 0.1) is 11.7 Å². The lowest BCUT2D eigenvalue weighted by Gasteiger charge is -2.07. The van der Waals surface area contributed by atoms with Crippen molar-refractivity contribution in [1.82, 2.24) is 5.32 Å². The second-order valence-electron chi connectivity index (χ2n) is 3.52. The first kappa shape index (κ1) is 12.9. The molecule has 0 aliphatic rings. The van der Waals surface area contributed by atoms with Gasteiger partial charge >= 0.3 is 0 Å². The SMILES string of the molecule is CC(O)CCNC(=O)c1ccc(Cl)cc1F. The summed E-state index contributed by atoms with van der Waals surface area (Å²) in [5, 5.41) is 11.7. The molecule has 0 saturated carbocycles. The summed E-state index contributed by atoms with van der Waals surface area (Å²) < 4.78 is 13.3. The molecule has 0 aromatic heterocycles. The fourth-order valence-corrected chi connectivity index (χ4v) is 1.32. The Morgan fingerprint density at radius 3 is 2.88 bits per heavy atom. The third-order valence-corrected chi connectivity index (χ3v) is 2.26. The topological polar surface area (TPSA) is 49.3 Å². The lowest BCUT2D eigenvalue weighted by molar-refractivity contribution is 0.0941. The number of carbonyl (C=O) groups excluding carboxylic acids is 1. The predicted octanol–water partition coefficient (Wildman–Crippen LogP) is 1.98. The third kappa shape index (κ3) is 3.79. The van der Waals surface area contributed by atoms with E-state index in [1.54, 1.807) is 6.92 Å². The van der Waals surface area contributed by atoms with Crippen LogP contribution in [0.1, 0.15) is 23.7 Å². The minimum absolute atomic E-state index is 0.0463. The Labute approximate surface area is 98.2 Å². The Balaban J connectivity index is 2.59. The van der Waals surface area contributed by atoms with Crippen molar-refractivity contribution in [3.8, 4) is 0 Å². The van der Waals surface area contributed by atoms with Crippen LogP contribution in [0.4, 0.5) is 4.39 Å². The van der Waals surface area contributed by atoms with Gasteiger partial charge in [0.1, 0.15) is 5.82 Å². The lowest BCUT2D eigenvalue weighted by Crippen LogP contribution is -2.27. The van der Waals surface area contributed by atoms with Crippen molar-refractivity contribution in [3.05, 3.63) is 34.6 Å². The smallest absolute Gasteiger partial charge is 0.254 e. The molecule has 1 aromatic rings. The monoisotopic (exact) mass is 245 g/mol. The van der Waals surface area contributed by atoms with Gasteiger partial charge in [-0.25, -0.2) is 4.39 Å². The van der Waals surface area contributed by atoms with Gasteiger partial charge in [0.2, 0.25) is 0 Å². The molecule has 5 heteroatoms. The minimum Gasteiger partial charge on any atom is -0.393 e. The zero-order valence-corrected chi connectivity index (χ0v) is 9.59. The van der Waals surface area contributed by atoms with Crippen LogP contribution in [0.25, 0.3) is 0 Å². The van der Waals surface area contributed by atoms with E-state index >= 15 is 0 Å². The van der Waals surface area contributed by atoms with Crippen molar-refractivity contribution in [2.45, 2.75) is 19.4 Å². The van der Waals surface area contributed by atoms with Gasteiger partial charge in [-0.3, -0.25) is 4.79 Å². The number of aliphatic hydroxyl groups excluding tert-OH is 1. The predicted molar refractivity (Wildman–Crippen MR) is 60.0 cm³/mol. The molecule has 0 fully saturated rings. The van der Waals surface area contributed by atoms with Gasteiger partial charge in [-0.05, 0) is 31.5 Å². The zero-order chi connectivity index (χ0) is 12.1. The van der Waals surface area contributed by atoms with E-state index < -0.39 is 17.8 Å². The first-order valence-electron chi connectivity index (χ1n) is 4.92. The van der Waals surface area contributed by atoms with Gasteiger partial charge in [0.15, 0.2) is 0 Å². The van der Waals surface area contributed by atoms with E-state index in [-0.39, 0.29) is 10.6 Å². The standard InChI is InChI=1S/C11H13ClFNO2/c1-7(15)4-5-14-11(16)9-3-2-8(12)6-10(9)13/h2-3,6-7,15H,4-5H2,1H3,(H,14,16). The molecule has 1 atom stereocenters. The molecule has 0 aliphatic carbocycles. The highest BCUT2D eigenvalue weighted by atomic mass is 35.5. The van der Waals surface area contributed by atoms with Crippen LogP contribution in [0.15, 0.2) is 18.2 Å². The fraction of sp³-hybridized carbons (Fsp3) is 0.364. The van der Waals surface area contributed by atoms with Crippen LogP contribution in [-0.4, -0.2) is 23.7 Å². The summed E-state index contributed by atoms with van der Waals surface area (Å²) in [5.41, 5.74) is -0.0463. The van der Waals surface area contributed by atoms with Gasteiger partial charge < -0.3 is 10.4 Å². The van der Waals surface area contributed by atoms with E-state index in [0.717, 1.165) is 6.07 Å². The van der Waals surface area contributed by atoms with E-state index in [1.165, 1.54) is 12.1 Å². The highest BCUT2D eigenvalue weighted by Gasteiger charge is 2.11. The van der Waals surface area contributed by atoms with Crippen LogP contribution >= 0.6 is 11.6 Å². The van der Waals surface area contributed by atoms with Crippen LogP contribution in [0.2, 0.25) is 5.02 Å². The zero-order valence-electron chi connectivity index (χ0n) is 8.84. The Morgan fingerprint density at radius 2 is 2.31 bits per heavy atom. The Hall–Kier alpha value is -1.13. The summed E-state index contributed by atoms with van der Waals surface area (Å²) in [6.07, 6.45) is -0.0589. The molecule has 0 bridgehead atoms. The molecule has 16 heavy (non-hydrogen) atoms. The van der Waals surface area contributed by atoms with Crippen molar-refractivity contribution < 1.29 is 14.3 Å². The highest BCUT2D eigenvalue weighted by molar-refractivity contribution is 6.30. The Bertz CT molecular complexity index is 382. The molecule has 1 unspecified atom stereocenters. The fourth-order valence-electron chi connectivity index (χ4n) is 1.16. The van der Waals surface area contributed by atoms with Crippen molar-refractivity contribution >= 4 is 17.5 Å². The Kier molecular flexibility index (Phi) is 4.71. The summed E-state index contributed by atoms with van der Waals surface area (Å²) in [6.45, 7) is 1.92. The maximum absolute atomic E-state index is 13.3. The average molecular weight is 246 g/mol. The lowest BCUT2D eigenvalue weighted by atomic mass is 10.2. The van der Waals surface area contributed by atoms with Crippen LogP contribution in [-0.2, 0) is 0 Å². The van der Waals surface area contributed by atoms with Crippen LogP contribution < -0.4 is 5.32 Å². The molecule has 2 N–H and O–H groups in total. The maximum Gasteiger partial charge on any atom is 0.254 e. The summed E-state index contributed by atoms with van der Waals surface area (Å²) in [4.78, 5) is 11.5. The number of nitrogens with one attached hydrogen (secondary N) is 1. The molecule has 3 nitrogen and oxygen atoms in total. The van der Waals surface area contributed by atoms with E-state index in [1.807, 2.05) is 0 Å². The highest BCUT2D eigenvalue weighted by Crippen LogP contribution is 2.14. The van der Waals surface area contributed by atoms with Crippen LogP contribution in [0, 0.1) is 5.82 Å². The van der Waals surface area contributed by atoms with Crippen molar-refractivity contribution in [2.24, 2.45) is 0 Å². The third-order valence-electron chi connectivity index (χ3n) is 2.02. The summed E-state index contributed by atoms with van der Waals surface area (Å²) in [7, 11) is 0. The van der Waals surface area contributed by atoms with Gasteiger partial charge in [0.25, 0.3) is 5.91 Å². The first-order chi connectivity index (χ1) is 7.50. The normalized spacial score (nSPS) is 12.2. The molecule has 1 rings (SSSR count). The number of hydrogen-bond donors (Lipinski definition) is 2. The molecule has 1 aromatic carbocycles. The number of benzene rings is 1. The molecular formula is C11H13ClFNO2. The molecule has 88 valence electrons. The number of rotatable bonds is 4. The molecule has 0 radical (unpaired) electrons. The summed E-state index contributed by atoms with van der Waals surface area (Å²) in [6, 6.07) is 3.87. The van der Waals surface area contributed by atoms with Crippen LogP contribution in [0.5, 0.6) is 0 Å². The largest absolute Gasteiger partial charge is 0.393 e. The molecule has 0 aliphatic heterocycles. The van der Waals surface area contributed by atoms with Gasteiger partial charge in [-0.2, -0.15) is 0 Å². The van der Waals surface area contributed by atoms with E-state index in [2.05, 4.69) is 5.32 Å². The van der Waals surface area contributed by atoms with Gasteiger partial charge in [-0.15, -0.1) is 0 Å². The molecule has 1 amide bonds. The number of carbonyl (C=O) groups is 1. The minimum atomic E-state index is -0.651. The number of halogens is 2. The van der Waals surface area contributed by atoms with Gasteiger partial charge in [-0.1, -0.05) is 11.6 Å². The molecule has 0 heterocycles. The summed E-state index contributed by atoms with van der Waals surface area (Å²) in [5.74, 6) is -1.16. The first-order valence-corrected chi connectivity index (χ1v) is 5.30. The number of amides is 1. The second-order valence-corrected chi connectivity index (χ2v) is 3.95. The molecule has 0 spiro atoms. The second kappa shape index (κ2) is 5.82. The van der Waals surface area contributed by atoms with E-state index in [9.17, 15) is 9.18 Å². The summed E-state index contributed by atoms with van der Waals surface area (Å²) >= 11 is 5.56. The number of hydrogen-bond acceptors (Lipinski definition) is 2. The van der Waals surface area contributed by atoms with Gasteiger partial charge in [0, 0.05) is 11.6 Å².